The fourth-order valence-electron chi connectivity index (χ4n) is 2.41. The maximum absolute atomic E-state index is 14.1. The summed E-state index contributed by atoms with van der Waals surface area (Å²) in [5, 5.41) is 30.9. The Morgan fingerprint density at radius 3 is 2.65 bits per heavy atom. The zero-order valence-electron chi connectivity index (χ0n) is 11.0. The number of aliphatic hydroxyl groups is 3. The van der Waals surface area contributed by atoms with Gasteiger partial charge in [-0.15, -0.1) is 0 Å². The third-order valence-electron chi connectivity index (χ3n) is 3.68. The van der Waals surface area contributed by atoms with Crippen molar-refractivity contribution < 1.29 is 34.0 Å². The average Bonchev–Trinajstić information content (AvgIpc) is 2.56. The summed E-state index contributed by atoms with van der Waals surface area (Å²) in [5.74, 6) is -3.94. The molecule has 3 amide bonds. The van der Waals surface area contributed by atoms with E-state index in [2.05, 4.69) is 0 Å². The van der Waals surface area contributed by atoms with Gasteiger partial charge in [-0.05, 0) is 6.92 Å². The Kier molecular flexibility index (Phi) is 3.49. The van der Waals surface area contributed by atoms with Crippen molar-refractivity contribution in [2.75, 3.05) is 13.2 Å². The first-order valence-electron chi connectivity index (χ1n) is 6.13. The minimum Gasteiger partial charge on any atom is -0.390 e. The molecule has 2 aliphatic heterocycles. The predicted molar refractivity (Wildman–Crippen MR) is 61.8 cm³/mol. The number of ether oxygens (including phenoxy) is 1. The summed E-state index contributed by atoms with van der Waals surface area (Å²) in [6.07, 6.45) is -3.56. The molecule has 114 valence electrons. The van der Waals surface area contributed by atoms with Crippen LogP contribution in [0, 0.1) is 5.92 Å². The number of hydrogen-bond acceptors (Lipinski definition) is 6. The lowest BCUT2D eigenvalue weighted by Gasteiger charge is -2.38. The number of urea groups is 1. The van der Waals surface area contributed by atoms with Gasteiger partial charge in [-0.3, -0.25) is 15.0 Å². The van der Waals surface area contributed by atoms with E-state index in [1.54, 1.807) is 6.92 Å². The number of nitrogens with one attached hydrogen (secondary N) is 1. The van der Waals surface area contributed by atoms with Gasteiger partial charge in [0.25, 0.3) is 5.85 Å². The Morgan fingerprint density at radius 2 is 2.15 bits per heavy atom. The number of nitrogens with zero attached hydrogens (tertiary/aromatic N) is 1. The quantitative estimate of drug-likeness (QED) is 0.482. The molecule has 2 heterocycles. The smallest absolute Gasteiger partial charge is 0.326 e. The molecule has 2 aliphatic rings. The number of carbonyl (C=O) groups is 2. The number of rotatable bonds is 2. The second-order valence-corrected chi connectivity index (χ2v) is 5.39. The van der Waals surface area contributed by atoms with E-state index >= 15 is 0 Å². The van der Waals surface area contributed by atoms with Crippen molar-refractivity contribution in [3.8, 4) is 0 Å². The molecule has 9 heteroatoms. The van der Waals surface area contributed by atoms with Crippen molar-refractivity contribution in [3.63, 3.8) is 0 Å². The fraction of sp³-hybridized carbons (Fsp3) is 0.818. The maximum Gasteiger partial charge on any atom is 0.326 e. The van der Waals surface area contributed by atoms with E-state index in [1.165, 1.54) is 0 Å². The van der Waals surface area contributed by atoms with Crippen molar-refractivity contribution in [1.29, 1.82) is 0 Å². The number of amides is 3. The van der Waals surface area contributed by atoms with E-state index in [4.69, 9.17) is 9.84 Å². The number of halogens is 1. The van der Waals surface area contributed by atoms with Crippen molar-refractivity contribution in [2.45, 2.75) is 37.6 Å². The molecule has 0 aromatic heterocycles. The van der Waals surface area contributed by atoms with Gasteiger partial charge in [0, 0.05) is 6.54 Å². The van der Waals surface area contributed by atoms with Crippen LogP contribution in [0.3, 0.4) is 0 Å². The van der Waals surface area contributed by atoms with Gasteiger partial charge in [-0.1, -0.05) is 6.92 Å². The Hall–Kier alpha value is -1.29. The standard InChI is InChI=1S/C11H17FN2O6/c1-5-3-14(9(18)13-6(5)16)8-10(2,19)7(17)11(12,4-15)20-8/h5,7-8,15,17,19H,3-4H2,1-2H3,(H,13,16,18)/t5?,7-,8+,10+,11+/m0/s1. The van der Waals surface area contributed by atoms with Crippen LogP contribution in [-0.2, 0) is 9.53 Å². The molecular weight excluding hydrogens is 275 g/mol. The van der Waals surface area contributed by atoms with E-state index in [9.17, 15) is 24.2 Å². The highest BCUT2D eigenvalue weighted by atomic mass is 19.2. The summed E-state index contributed by atoms with van der Waals surface area (Å²) in [6.45, 7) is 1.36. The molecule has 2 fully saturated rings. The van der Waals surface area contributed by atoms with Crippen LogP contribution < -0.4 is 5.32 Å². The van der Waals surface area contributed by atoms with Crippen LogP contribution in [0.2, 0.25) is 0 Å². The zero-order valence-corrected chi connectivity index (χ0v) is 11.0. The molecule has 8 nitrogen and oxygen atoms in total. The molecule has 0 spiro atoms. The van der Waals surface area contributed by atoms with Gasteiger partial charge in [-0.25, -0.2) is 9.18 Å². The van der Waals surface area contributed by atoms with Crippen molar-refractivity contribution in [1.82, 2.24) is 10.2 Å². The lowest BCUT2D eigenvalue weighted by atomic mass is 9.94. The second-order valence-electron chi connectivity index (χ2n) is 5.39. The number of carbonyl (C=O) groups excluding carboxylic acids is 2. The summed E-state index contributed by atoms with van der Waals surface area (Å²) in [5.41, 5.74) is -2.13. The lowest BCUT2D eigenvalue weighted by molar-refractivity contribution is -0.212. The van der Waals surface area contributed by atoms with Gasteiger partial charge in [0.15, 0.2) is 6.23 Å². The first-order chi connectivity index (χ1) is 9.13. The molecule has 2 rings (SSSR count). The molecule has 0 saturated carbocycles. The molecule has 0 aliphatic carbocycles. The Labute approximate surface area is 114 Å². The first-order valence-corrected chi connectivity index (χ1v) is 6.13. The zero-order chi connectivity index (χ0) is 15.3. The van der Waals surface area contributed by atoms with E-state index in [1.807, 2.05) is 5.32 Å². The van der Waals surface area contributed by atoms with Gasteiger partial charge in [0.05, 0.1) is 5.92 Å². The van der Waals surface area contributed by atoms with Crippen LogP contribution in [0.4, 0.5) is 9.18 Å². The highest BCUT2D eigenvalue weighted by molar-refractivity contribution is 5.97. The lowest BCUT2D eigenvalue weighted by Crippen LogP contribution is -2.62. The van der Waals surface area contributed by atoms with Crippen LogP contribution in [-0.4, -0.2) is 69.1 Å². The van der Waals surface area contributed by atoms with Crippen LogP contribution in [0.25, 0.3) is 0 Å². The van der Waals surface area contributed by atoms with Crippen molar-refractivity contribution >= 4 is 11.9 Å². The molecule has 2 saturated heterocycles. The minimum absolute atomic E-state index is 0.0975. The number of hydrogen-bond donors (Lipinski definition) is 4. The molecule has 0 aromatic rings. The van der Waals surface area contributed by atoms with Crippen LogP contribution >= 0.6 is 0 Å². The van der Waals surface area contributed by atoms with Gasteiger partial charge in [-0.2, -0.15) is 0 Å². The van der Waals surface area contributed by atoms with Crippen LogP contribution in [0.1, 0.15) is 13.8 Å². The number of alkyl halides is 1. The summed E-state index contributed by atoms with van der Waals surface area (Å²) in [7, 11) is 0. The average molecular weight is 292 g/mol. The maximum atomic E-state index is 14.1. The molecule has 0 bridgehead atoms. The van der Waals surface area contributed by atoms with E-state index in [-0.39, 0.29) is 6.54 Å². The SMILES string of the molecule is CC1CN([C@@H]2O[C@](F)(CO)[C@@H](O)[C@@]2(C)O)C(=O)NC1=O. The van der Waals surface area contributed by atoms with Gasteiger partial charge in [0.1, 0.15) is 18.3 Å². The minimum atomic E-state index is -2.88. The third kappa shape index (κ3) is 2.06. The second kappa shape index (κ2) is 4.62. The first kappa shape index (κ1) is 15.1. The Bertz CT molecular complexity index is 445. The molecular formula is C11H17FN2O6. The van der Waals surface area contributed by atoms with Crippen molar-refractivity contribution in [3.05, 3.63) is 0 Å². The highest BCUT2D eigenvalue weighted by Crippen LogP contribution is 2.41. The van der Waals surface area contributed by atoms with Crippen LogP contribution in [0.15, 0.2) is 0 Å². The van der Waals surface area contributed by atoms with E-state index in [0.717, 1.165) is 11.8 Å². The summed E-state index contributed by atoms with van der Waals surface area (Å²) >= 11 is 0. The molecule has 20 heavy (non-hydrogen) atoms. The molecule has 0 radical (unpaired) electrons. The van der Waals surface area contributed by atoms with E-state index in [0.29, 0.717) is 0 Å². The van der Waals surface area contributed by atoms with Crippen molar-refractivity contribution in [2.24, 2.45) is 5.92 Å². The monoisotopic (exact) mass is 292 g/mol. The van der Waals surface area contributed by atoms with Crippen LogP contribution in [0.5, 0.6) is 0 Å². The largest absolute Gasteiger partial charge is 0.390 e. The summed E-state index contributed by atoms with van der Waals surface area (Å²) in [6, 6.07) is -0.854. The molecule has 4 N–H and O–H groups in total. The summed E-state index contributed by atoms with van der Waals surface area (Å²) < 4.78 is 19.0. The Morgan fingerprint density at radius 1 is 1.55 bits per heavy atom. The molecule has 0 aromatic carbocycles. The third-order valence-corrected chi connectivity index (χ3v) is 3.68. The van der Waals surface area contributed by atoms with Gasteiger partial charge in [0.2, 0.25) is 5.91 Å². The van der Waals surface area contributed by atoms with Gasteiger partial charge >= 0.3 is 6.03 Å². The number of imide groups is 1. The normalized spacial score (nSPS) is 45.7. The molecule has 5 atom stereocenters. The highest BCUT2D eigenvalue weighted by Gasteiger charge is 2.64. The fourth-order valence-corrected chi connectivity index (χ4v) is 2.41. The topological polar surface area (TPSA) is 119 Å². The van der Waals surface area contributed by atoms with Gasteiger partial charge < -0.3 is 20.1 Å². The van der Waals surface area contributed by atoms with E-state index < -0.39 is 48.3 Å². The predicted octanol–water partition coefficient (Wildman–Crippen LogP) is -1.70. The Balaban J connectivity index is 2.28. The number of aliphatic hydroxyl groups excluding tert-OH is 2. The molecule has 1 unspecified atom stereocenters. The summed E-state index contributed by atoms with van der Waals surface area (Å²) in [4.78, 5) is 24.0.